The van der Waals surface area contributed by atoms with E-state index in [-0.39, 0.29) is 0 Å². The van der Waals surface area contributed by atoms with Gasteiger partial charge in [-0.2, -0.15) is 0 Å². The van der Waals surface area contributed by atoms with E-state index >= 15 is 0 Å². The Morgan fingerprint density at radius 2 is 0.353 bits per heavy atom. The monoisotopic (exact) mass is 1900 g/mol. The Balaban J connectivity index is 0.000000105. The normalized spacial score (nSPS) is 11.7. The number of nitrogens with zero attached hydrogens (tertiary/aromatic N) is 9. The van der Waals surface area contributed by atoms with Gasteiger partial charge in [0, 0.05) is 191 Å². The van der Waals surface area contributed by atoms with Crippen LogP contribution in [0.5, 0.6) is 0 Å². The maximum absolute atomic E-state index is 5.18. The second kappa shape index (κ2) is 34.5. The van der Waals surface area contributed by atoms with E-state index in [1.807, 2.05) is 93.1 Å². The van der Waals surface area contributed by atoms with Gasteiger partial charge in [0.15, 0.2) is 52.4 Å². The number of benzene rings is 19. The zero-order chi connectivity index (χ0) is 91.5. The van der Waals surface area contributed by atoms with Crippen LogP contribution in [0.2, 0.25) is 0 Å². The average Bonchev–Trinajstić information content (AvgIpc) is 1.59. The third kappa shape index (κ3) is 14.9. The summed E-state index contributed by atoms with van der Waals surface area (Å²) < 4.78 is 17.8. The van der Waals surface area contributed by atoms with Gasteiger partial charge in [-0.05, 0) is 149 Å². The summed E-state index contributed by atoms with van der Waals surface area (Å²) in [6.45, 7) is 0. The van der Waals surface area contributed by atoms with Crippen molar-refractivity contribution in [2.24, 2.45) is 0 Å². The molecule has 0 aliphatic heterocycles. The molecule has 0 N–H and O–H groups in total. The third-order valence-electron chi connectivity index (χ3n) is 26.0. The Bertz CT molecular complexity index is 9810. The summed E-state index contributed by atoms with van der Waals surface area (Å²) >= 11 is 12.8. The highest BCUT2D eigenvalue weighted by atomic mass is 32.1. The second-order valence-electron chi connectivity index (χ2n) is 34.4. The molecule has 0 fully saturated rings. The fourth-order valence-electron chi connectivity index (χ4n) is 19.6. The molecule has 29 rings (SSSR count). The number of thiophene rings is 7. The molecule has 0 saturated carbocycles. The number of hydrogen-bond donors (Lipinski definition) is 0. The highest BCUT2D eigenvalue weighted by Crippen LogP contribution is 2.49. The molecule has 0 aliphatic rings. The molecule has 0 saturated heterocycles. The van der Waals surface area contributed by atoms with Gasteiger partial charge in [-0.25, -0.2) is 44.9 Å². The first-order valence-corrected chi connectivity index (χ1v) is 51.6. The van der Waals surface area contributed by atoms with Gasteiger partial charge in [0.05, 0.1) is 0 Å². The van der Waals surface area contributed by atoms with Crippen LogP contribution in [0.1, 0.15) is 0 Å². The molecule has 0 radical (unpaired) electrons. The molecule has 10 heterocycles. The van der Waals surface area contributed by atoms with Gasteiger partial charge in [0.25, 0.3) is 0 Å². The SMILES string of the molecule is c1ccc(-c2nc(-c3cccc(-c4cccc5sc6ccccc6c45)c3)nc(-c3cccc(-c4cccc5sc6ccccc6c45)c3)n2)cc1.c1ccc(-c2nc(-c3cccc(-c4cccc5sc6ccccc6c45)c3)nc(-c3cccc4sc5ccccc5c34)n2)cc1.c1ccc2c(c1)sc1cc(-c3nc(-c4ccc5sc6ccccc6c5c4)nc(-c4cccc5c4sc4ccccc45)n3)ccc12. The summed E-state index contributed by atoms with van der Waals surface area (Å²) in [5.74, 6) is 6.01. The minimum absolute atomic E-state index is 0.648. The van der Waals surface area contributed by atoms with Gasteiger partial charge in [-0.3, -0.25) is 0 Å². The predicted molar refractivity (Wildman–Crippen MR) is 595 cm³/mol. The highest BCUT2D eigenvalue weighted by Gasteiger charge is 2.25. The van der Waals surface area contributed by atoms with Crippen LogP contribution in [0.3, 0.4) is 0 Å². The second-order valence-corrected chi connectivity index (χ2v) is 42.0. The van der Waals surface area contributed by atoms with Crippen molar-refractivity contribution in [1.82, 2.24) is 44.9 Å². The van der Waals surface area contributed by atoms with Crippen LogP contribution in [0, 0.1) is 0 Å². The lowest BCUT2D eigenvalue weighted by Crippen LogP contribution is -2.00. The minimum Gasteiger partial charge on any atom is -0.208 e. The zero-order valence-electron chi connectivity index (χ0n) is 73.9. The van der Waals surface area contributed by atoms with Crippen molar-refractivity contribution in [2.45, 2.75) is 0 Å². The number of aromatic nitrogens is 9. The van der Waals surface area contributed by atoms with E-state index < -0.39 is 0 Å². The zero-order valence-corrected chi connectivity index (χ0v) is 79.6. The lowest BCUT2D eigenvalue weighted by molar-refractivity contribution is 1.07. The van der Waals surface area contributed by atoms with E-state index in [0.717, 1.165) is 66.8 Å². The van der Waals surface area contributed by atoms with E-state index in [4.69, 9.17) is 44.9 Å². The van der Waals surface area contributed by atoms with E-state index in [9.17, 15) is 0 Å². The van der Waals surface area contributed by atoms with Crippen LogP contribution in [0.25, 0.3) is 277 Å². The first-order chi connectivity index (χ1) is 68.8. The molecule has 0 spiro atoms. The first kappa shape index (κ1) is 82.2. The molecule has 16 heteroatoms. The minimum atomic E-state index is 0.648. The summed E-state index contributed by atoms with van der Waals surface area (Å²) in [6.07, 6.45) is 0. The molecular weight excluding hydrogens is 1830 g/mol. The fraction of sp³-hybridized carbons (Fsp3) is 0. The van der Waals surface area contributed by atoms with Crippen molar-refractivity contribution < 1.29 is 0 Å². The van der Waals surface area contributed by atoms with Crippen LogP contribution < -0.4 is 0 Å². The Kier molecular flexibility index (Phi) is 20.4. The number of rotatable bonds is 12. The van der Waals surface area contributed by atoms with Crippen LogP contribution in [-0.4, -0.2) is 44.9 Å². The smallest absolute Gasteiger partial charge is 0.165 e. The van der Waals surface area contributed by atoms with E-state index in [2.05, 4.69) is 394 Å². The molecule has 19 aromatic carbocycles. The standard InChI is InChI=1S/C45H27N3S2.C39H21N3S3.C39H23N3S2/c1-2-12-28(13-3-1)43-46-44(31-16-8-14-29(26-31)33-20-10-24-39-41(33)35-18-4-6-22-37(35)49-39)48-45(47-43)32-17-9-15-30(27-32)34-21-11-25-40-42(34)36-19-5-7-23-38(36)50-40;1-4-13-31-24(8-1)27-18-16-23(21-35(27)44-31)38-40-37(22-17-19-34-30(20-22)26-10-3-5-14-32(26)43-34)41-39(42-38)29-12-7-11-28-25-9-2-6-15-33(25)45-36(28)29;1-2-11-24(12-3-1)37-40-38(42-39(41-37)30-18-10-22-34-36(30)29-16-5-7-20-32(29)44-34)26-14-8-13-25(23-26)27-17-9-21-33-35(27)28-15-4-6-19-31(28)43-33/h1-27H;1-21H;1-23H. The lowest BCUT2D eigenvalue weighted by atomic mass is 9.97. The molecule has 0 amide bonds. The maximum atomic E-state index is 5.18. The molecule has 29 aromatic rings. The third-order valence-corrected chi connectivity index (χ3v) is 34.1. The van der Waals surface area contributed by atoms with Crippen molar-refractivity contribution in [3.8, 4) is 136 Å². The Labute approximate surface area is 824 Å². The quantitative estimate of drug-likeness (QED) is 0.118. The highest BCUT2D eigenvalue weighted by molar-refractivity contribution is 7.28. The lowest BCUT2D eigenvalue weighted by Gasteiger charge is -2.11. The van der Waals surface area contributed by atoms with Crippen molar-refractivity contribution in [3.63, 3.8) is 0 Å². The average molecular weight is 1900 g/mol. The Morgan fingerprint density at radius 3 is 0.777 bits per heavy atom. The van der Waals surface area contributed by atoms with Crippen molar-refractivity contribution in [3.05, 3.63) is 431 Å². The summed E-state index contributed by atoms with van der Waals surface area (Å²) in [7, 11) is 0. The fourth-order valence-corrected chi connectivity index (χ4v) is 27.6. The largest absolute Gasteiger partial charge is 0.208 e. The summed E-state index contributed by atoms with van der Waals surface area (Å²) in [5.41, 5.74) is 15.9. The van der Waals surface area contributed by atoms with Crippen LogP contribution in [-0.2, 0) is 0 Å². The molecule has 0 atom stereocenters. The molecular formula is C123H71N9S7. The molecule has 0 unspecified atom stereocenters. The van der Waals surface area contributed by atoms with E-state index in [1.165, 1.54) is 158 Å². The summed E-state index contributed by atoms with van der Waals surface area (Å²) in [6, 6.07) is 152. The maximum Gasteiger partial charge on any atom is 0.165 e. The van der Waals surface area contributed by atoms with Gasteiger partial charge in [-0.15, -0.1) is 79.4 Å². The van der Waals surface area contributed by atoms with Gasteiger partial charge < -0.3 is 0 Å². The van der Waals surface area contributed by atoms with Crippen LogP contribution in [0.15, 0.2) is 431 Å². The molecule has 139 heavy (non-hydrogen) atoms. The van der Waals surface area contributed by atoms with Crippen molar-refractivity contribution >= 4 is 221 Å². The molecule has 0 aliphatic carbocycles. The summed E-state index contributed by atoms with van der Waals surface area (Å²) in [5, 5.41) is 17.7. The van der Waals surface area contributed by atoms with E-state index in [0.29, 0.717) is 52.4 Å². The van der Waals surface area contributed by atoms with Gasteiger partial charge in [0.2, 0.25) is 0 Å². The van der Waals surface area contributed by atoms with Gasteiger partial charge in [0.1, 0.15) is 0 Å². The van der Waals surface area contributed by atoms with Crippen LogP contribution >= 0.6 is 79.4 Å². The van der Waals surface area contributed by atoms with Crippen LogP contribution in [0.4, 0.5) is 0 Å². The molecule has 9 nitrogen and oxygen atoms in total. The molecule has 650 valence electrons. The first-order valence-electron chi connectivity index (χ1n) is 45.9. The predicted octanol–water partition coefficient (Wildman–Crippen LogP) is 36.2. The Morgan fingerprint density at radius 1 is 0.115 bits per heavy atom. The Hall–Kier alpha value is -16.3. The van der Waals surface area contributed by atoms with Crippen molar-refractivity contribution in [2.75, 3.05) is 0 Å². The summed E-state index contributed by atoms with van der Waals surface area (Å²) in [4.78, 5) is 46.1. The molecule has 10 aromatic heterocycles. The number of fused-ring (bicyclic) bond motifs is 21. The number of hydrogen-bond acceptors (Lipinski definition) is 16. The van der Waals surface area contributed by atoms with Crippen molar-refractivity contribution in [1.29, 1.82) is 0 Å². The van der Waals surface area contributed by atoms with Gasteiger partial charge in [-0.1, -0.05) is 315 Å². The molecule has 0 bridgehead atoms. The topological polar surface area (TPSA) is 116 Å². The van der Waals surface area contributed by atoms with E-state index in [1.54, 1.807) is 22.7 Å². The van der Waals surface area contributed by atoms with Gasteiger partial charge >= 0.3 is 0 Å².